The lowest BCUT2D eigenvalue weighted by Gasteiger charge is -2.16. The van der Waals surface area contributed by atoms with Crippen molar-refractivity contribution in [2.24, 2.45) is 0 Å². The average Bonchev–Trinajstić information content (AvgIpc) is 1.99. The van der Waals surface area contributed by atoms with Crippen LogP contribution in [0.25, 0.3) is 0 Å². The Kier molecular flexibility index (Phi) is 3.34. The molecule has 0 aromatic heterocycles. The fourth-order valence-electron chi connectivity index (χ4n) is 0.978. The van der Waals surface area contributed by atoms with Crippen LogP contribution < -0.4 is 0 Å². The van der Waals surface area contributed by atoms with Crippen molar-refractivity contribution < 1.29 is 27.1 Å². The fourth-order valence-corrected chi connectivity index (χ4v) is 1.38. The van der Waals surface area contributed by atoms with Crippen LogP contribution in [0.5, 0.6) is 0 Å². The molecule has 0 aliphatic carbocycles. The summed E-state index contributed by atoms with van der Waals surface area (Å²) in [7, 11) is 0. The quantitative estimate of drug-likeness (QED) is 0.787. The molecule has 0 bridgehead atoms. The molecule has 0 fully saturated rings. The van der Waals surface area contributed by atoms with E-state index in [1.54, 1.807) is 0 Å². The van der Waals surface area contributed by atoms with E-state index in [0.29, 0.717) is 12.1 Å². The second-order valence-electron chi connectivity index (χ2n) is 2.73. The van der Waals surface area contributed by atoms with E-state index in [2.05, 4.69) is 15.9 Å². The van der Waals surface area contributed by atoms with Gasteiger partial charge in [-0.05, 0) is 12.1 Å². The van der Waals surface area contributed by atoms with E-state index in [1.807, 2.05) is 0 Å². The number of alkyl halides is 3. The van der Waals surface area contributed by atoms with Crippen LogP contribution in [0.15, 0.2) is 16.6 Å². The number of rotatable bonds is 1. The third-order valence-electron chi connectivity index (χ3n) is 1.63. The van der Waals surface area contributed by atoms with Crippen molar-refractivity contribution in [3.8, 4) is 0 Å². The van der Waals surface area contributed by atoms with Crippen LogP contribution in [0.3, 0.4) is 0 Å². The molecule has 0 aliphatic rings. The van der Waals surface area contributed by atoms with Crippen molar-refractivity contribution in [1.29, 1.82) is 0 Å². The molecule has 0 saturated carbocycles. The maximum Gasteiger partial charge on any atom is 0.418 e. The first kappa shape index (κ1) is 12.4. The summed E-state index contributed by atoms with van der Waals surface area (Å²) < 4.78 is 61.9. The highest BCUT2D eigenvalue weighted by atomic mass is 79.9. The highest BCUT2D eigenvalue weighted by molar-refractivity contribution is 9.10. The highest BCUT2D eigenvalue weighted by Gasteiger charge is 2.42. The molecule has 1 rings (SSSR count). The molecule has 1 nitrogen and oxygen atoms in total. The van der Waals surface area contributed by atoms with E-state index >= 15 is 0 Å². The number of benzene rings is 1. The monoisotopic (exact) mass is 290 g/mol. The predicted octanol–water partition coefficient (Wildman–Crippen LogP) is 3.32. The van der Waals surface area contributed by atoms with Crippen molar-refractivity contribution in [2.75, 3.05) is 0 Å². The van der Waals surface area contributed by atoms with Crippen molar-refractivity contribution in [3.63, 3.8) is 0 Å². The van der Waals surface area contributed by atoms with Crippen LogP contribution in [0.2, 0.25) is 0 Å². The van der Waals surface area contributed by atoms with Crippen LogP contribution in [0.1, 0.15) is 11.7 Å². The highest BCUT2D eigenvalue weighted by Crippen LogP contribution is 2.35. The Balaban J connectivity index is 3.26. The molecule has 0 heterocycles. The van der Waals surface area contributed by atoms with Gasteiger partial charge in [0.05, 0.1) is 5.56 Å². The van der Waals surface area contributed by atoms with E-state index in [4.69, 9.17) is 5.11 Å². The molecule has 0 radical (unpaired) electrons. The molecule has 7 heteroatoms. The standard InChI is InChI=1S/C8H4BrF5O/c9-3-1-4(10)6(5(11)2-3)7(15)8(12,13)14/h1-2,7,15H. The van der Waals surface area contributed by atoms with Crippen molar-refractivity contribution in [1.82, 2.24) is 0 Å². The smallest absolute Gasteiger partial charge is 0.379 e. The summed E-state index contributed by atoms with van der Waals surface area (Å²) in [5, 5.41) is 8.69. The van der Waals surface area contributed by atoms with Gasteiger partial charge in [0.1, 0.15) is 11.6 Å². The van der Waals surface area contributed by atoms with Crippen LogP contribution in [-0.2, 0) is 0 Å². The number of hydrogen-bond acceptors (Lipinski definition) is 1. The van der Waals surface area contributed by atoms with Crippen LogP contribution in [0, 0.1) is 11.6 Å². The normalized spacial score (nSPS) is 14.1. The first-order chi connectivity index (χ1) is 6.73. The molecule has 1 aromatic rings. The SMILES string of the molecule is OC(c1c(F)cc(Br)cc1F)C(F)(F)F. The molecular formula is C8H4BrF5O. The van der Waals surface area contributed by atoms with Crippen LogP contribution in [-0.4, -0.2) is 11.3 Å². The zero-order valence-electron chi connectivity index (χ0n) is 6.95. The molecule has 1 atom stereocenters. The minimum atomic E-state index is -5.10. The number of aliphatic hydroxyl groups excluding tert-OH is 1. The lowest BCUT2D eigenvalue weighted by Crippen LogP contribution is -2.22. The molecule has 15 heavy (non-hydrogen) atoms. The summed E-state index contributed by atoms with van der Waals surface area (Å²) in [6.45, 7) is 0. The van der Waals surface area contributed by atoms with Gasteiger partial charge in [-0.2, -0.15) is 13.2 Å². The molecular weight excluding hydrogens is 287 g/mol. The summed E-state index contributed by atoms with van der Waals surface area (Å²) in [6, 6.07) is 1.29. The maximum absolute atomic E-state index is 13.0. The minimum Gasteiger partial charge on any atom is -0.379 e. The van der Waals surface area contributed by atoms with E-state index in [0.717, 1.165) is 0 Å². The van der Waals surface area contributed by atoms with Gasteiger partial charge in [0.2, 0.25) is 0 Å². The Labute approximate surface area is 89.7 Å². The van der Waals surface area contributed by atoms with Crippen molar-refractivity contribution >= 4 is 15.9 Å². The summed E-state index contributed by atoms with van der Waals surface area (Å²) in [5.41, 5.74) is -1.40. The van der Waals surface area contributed by atoms with Gasteiger partial charge in [-0.25, -0.2) is 8.78 Å². The minimum absolute atomic E-state index is 0.0457. The zero-order valence-corrected chi connectivity index (χ0v) is 8.53. The van der Waals surface area contributed by atoms with E-state index in [1.165, 1.54) is 0 Å². The largest absolute Gasteiger partial charge is 0.418 e. The second kappa shape index (κ2) is 4.05. The summed E-state index contributed by atoms with van der Waals surface area (Å²) in [5.74, 6) is -2.90. The van der Waals surface area contributed by atoms with Gasteiger partial charge < -0.3 is 5.11 Å². The Hall–Kier alpha value is -0.690. The Bertz CT molecular complexity index is 353. The summed E-state index contributed by atoms with van der Waals surface area (Å²) in [6.07, 6.45) is -8.26. The van der Waals surface area contributed by atoms with Gasteiger partial charge in [0.15, 0.2) is 6.10 Å². The molecule has 0 spiro atoms. The van der Waals surface area contributed by atoms with Crippen LogP contribution in [0.4, 0.5) is 22.0 Å². The number of aliphatic hydroxyl groups is 1. The summed E-state index contributed by atoms with van der Waals surface area (Å²) in [4.78, 5) is 0. The molecule has 1 aromatic carbocycles. The zero-order chi connectivity index (χ0) is 11.8. The Morgan fingerprint density at radius 1 is 1.13 bits per heavy atom. The van der Waals surface area contributed by atoms with E-state index < -0.39 is 29.5 Å². The van der Waals surface area contributed by atoms with Gasteiger partial charge in [0.25, 0.3) is 0 Å². The third-order valence-corrected chi connectivity index (χ3v) is 2.09. The second-order valence-corrected chi connectivity index (χ2v) is 3.64. The fraction of sp³-hybridized carbons (Fsp3) is 0.250. The molecule has 1 unspecified atom stereocenters. The van der Waals surface area contributed by atoms with Gasteiger partial charge in [-0.1, -0.05) is 15.9 Å². The lowest BCUT2D eigenvalue weighted by molar-refractivity contribution is -0.208. The van der Waals surface area contributed by atoms with E-state index in [-0.39, 0.29) is 4.47 Å². The molecule has 0 aliphatic heterocycles. The third kappa shape index (κ3) is 2.66. The summed E-state index contributed by atoms with van der Waals surface area (Å²) >= 11 is 2.70. The van der Waals surface area contributed by atoms with Crippen molar-refractivity contribution in [2.45, 2.75) is 12.3 Å². The molecule has 0 saturated heterocycles. The molecule has 0 amide bonds. The average molecular weight is 291 g/mol. The Morgan fingerprint density at radius 3 is 1.87 bits per heavy atom. The van der Waals surface area contributed by atoms with Gasteiger partial charge in [-0.15, -0.1) is 0 Å². The van der Waals surface area contributed by atoms with Crippen molar-refractivity contribution in [3.05, 3.63) is 33.8 Å². The van der Waals surface area contributed by atoms with Gasteiger partial charge in [-0.3, -0.25) is 0 Å². The first-order valence-corrected chi connectivity index (χ1v) is 4.42. The number of hydrogen-bond donors (Lipinski definition) is 1. The van der Waals surface area contributed by atoms with Crippen LogP contribution >= 0.6 is 15.9 Å². The number of halogens is 6. The van der Waals surface area contributed by atoms with Gasteiger partial charge >= 0.3 is 6.18 Å². The predicted molar refractivity (Wildman–Crippen MR) is 45.1 cm³/mol. The maximum atomic E-state index is 13.0. The Morgan fingerprint density at radius 2 is 1.53 bits per heavy atom. The molecule has 84 valence electrons. The lowest BCUT2D eigenvalue weighted by atomic mass is 10.1. The van der Waals surface area contributed by atoms with E-state index in [9.17, 15) is 22.0 Å². The van der Waals surface area contributed by atoms with Gasteiger partial charge in [0, 0.05) is 4.47 Å². The topological polar surface area (TPSA) is 20.2 Å². The first-order valence-electron chi connectivity index (χ1n) is 3.62. The molecule has 1 N–H and O–H groups in total.